The van der Waals surface area contributed by atoms with Crippen LogP contribution >= 0.6 is 0 Å². The van der Waals surface area contributed by atoms with Gasteiger partial charge in [0.25, 0.3) is 0 Å². The van der Waals surface area contributed by atoms with E-state index in [1.165, 1.54) is 0 Å². The van der Waals surface area contributed by atoms with Crippen molar-refractivity contribution < 1.29 is 3.83 Å². The van der Waals surface area contributed by atoms with Gasteiger partial charge in [-0.15, -0.1) is 0 Å². The summed E-state index contributed by atoms with van der Waals surface area (Å²) in [4.78, 5) is 0.824. The second-order valence-electron chi connectivity index (χ2n) is 2.43. The van der Waals surface area contributed by atoms with Crippen LogP contribution in [0.4, 0.5) is 0 Å². The van der Waals surface area contributed by atoms with E-state index in [2.05, 4.69) is 0 Å². The van der Waals surface area contributed by atoms with Crippen molar-refractivity contribution in [3.05, 3.63) is 0 Å². The van der Waals surface area contributed by atoms with Crippen LogP contribution in [0.1, 0.15) is 27.7 Å². The molecule has 0 bridgehead atoms. The van der Waals surface area contributed by atoms with Crippen molar-refractivity contribution in [2.45, 2.75) is 37.3 Å². The van der Waals surface area contributed by atoms with Crippen LogP contribution in [0.2, 0.25) is 9.63 Å². The zero-order valence-corrected chi connectivity index (χ0v) is 7.68. The molecule has 0 saturated heterocycles. The first-order valence-corrected chi connectivity index (χ1v) is 5.62. The van der Waals surface area contributed by atoms with E-state index in [0.717, 1.165) is 0 Å². The van der Waals surface area contributed by atoms with E-state index in [1.54, 1.807) is 0 Å². The third-order valence-electron chi connectivity index (χ3n) is 0.929. The van der Waals surface area contributed by atoms with Gasteiger partial charge in [-0.2, -0.15) is 0 Å². The Labute approximate surface area is 55.6 Å². The van der Waals surface area contributed by atoms with Gasteiger partial charge < -0.3 is 0 Å². The molecule has 0 aliphatic rings. The van der Waals surface area contributed by atoms with Crippen LogP contribution in [0.3, 0.4) is 0 Å². The maximum absolute atomic E-state index is 11.1. The zero-order chi connectivity index (χ0) is 6.73. The van der Waals surface area contributed by atoms with Crippen molar-refractivity contribution in [2.24, 2.45) is 0 Å². The molecule has 0 spiro atoms. The standard InChI is InChI=1S/C6H14OSe/c1-5(2)8(7)6(3)4/h5-6H,1-4H3. The van der Waals surface area contributed by atoms with Gasteiger partial charge in [-0.3, -0.25) is 0 Å². The predicted octanol–water partition coefficient (Wildman–Crippen LogP) is 2.23. The van der Waals surface area contributed by atoms with Crippen molar-refractivity contribution in [1.29, 1.82) is 0 Å². The van der Waals surface area contributed by atoms with E-state index in [9.17, 15) is 3.83 Å². The van der Waals surface area contributed by atoms with E-state index in [1.807, 2.05) is 27.7 Å². The van der Waals surface area contributed by atoms with Crippen molar-refractivity contribution in [1.82, 2.24) is 0 Å². The Bertz CT molecular complexity index is 76.5. The maximum atomic E-state index is 11.1. The van der Waals surface area contributed by atoms with E-state index in [-0.39, 0.29) is 0 Å². The summed E-state index contributed by atoms with van der Waals surface area (Å²) in [6.45, 7) is 8.10. The second kappa shape index (κ2) is 3.37. The number of rotatable bonds is 2. The van der Waals surface area contributed by atoms with Gasteiger partial charge in [0.2, 0.25) is 0 Å². The van der Waals surface area contributed by atoms with Gasteiger partial charge in [0.15, 0.2) is 0 Å². The van der Waals surface area contributed by atoms with Gasteiger partial charge in [0, 0.05) is 0 Å². The number of hydrogen-bond donors (Lipinski definition) is 0. The summed E-state index contributed by atoms with van der Waals surface area (Å²) in [5, 5.41) is 0. The quantitative estimate of drug-likeness (QED) is 0.597. The summed E-state index contributed by atoms with van der Waals surface area (Å²) in [6.07, 6.45) is 0. The Morgan fingerprint density at radius 2 is 1.25 bits per heavy atom. The van der Waals surface area contributed by atoms with Gasteiger partial charge in [0.05, 0.1) is 0 Å². The summed E-state index contributed by atoms with van der Waals surface area (Å²) in [6, 6.07) is 0. The van der Waals surface area contributed by atoms with Gasteiger partial charge in [-0.1, -0.05) is 0 Å². The summed E-state index contributed by atoms with van der Waals surface area (Å²) >= 11 is -1.48. The Hall–Kier alpha value is 0.319. The molecule has 0 unspecified atom stereocenters. The fourth-order valence-corrected chi connectivity index (χ4v) is 2.83. The molecule has 8 heavy (non-hydrogen) atoms. The minimum absolute atomic E-state index is 0.412. The van der Waals surface area contributed by atoms with Gasteiger partial charge in [0.1, 0.15) is 0 Å². The molecule has 0 fully saturated rings. The van der Waals surface area contributed by atoms with E-state index in [4.69, 9.17) is 0 Å². The Kier molecular flexibility index (Phi) is 3.50. The summed E-state index contributed by atoms with van der Waals surface area (Å²) in [5.41, 5.74) is 0. The molecular formula is C6H14OSe. The molecule has 0 aromatic carbocycles. The molecule has 50 valence electrons. The fourth-order valence-electron chi connectivity index (χ4n) is 0.544. The number of hydrogen-bond acceptors (Lipinski definition) is 1. The van der Waals surface area contributed by atoms with E-state index < -0.39 is 13.8 Å². The first-order valence-electron chi connectivity index (χ1n) is 2.95. The minimum atomic E-state index is -1.48. The SMILES string of the molecule is CC(C)[Se](=O)C(C)C. The molecule has 0 N–H and O–H groups in total. The molecule has 0 aliphatic heterocycles. The summed E-state index contributed by atoms with van der Waals surface area (Å²) in [5.74, 6) is 0. The molecule has 0 aromatic rings. The first kappa shape index (κ1) is 8.32. The molecule has 0 aliphatic carbocycles. The van der Waals surface area contributed by atoms with Gasteiger partial charge >= 0.3 is 55.0 Å². The first-order chi connectivity index (χ1) is 3.55. The normalized spacial score (nSPS) is 11.9. The molecule has 0 atom stereocenters. The van der Waals surface area contributed by atoms with Crippen LogP contribution in [0.15, 0.2) is 0 Å². The fraction of sp³-hybridized carbons (Fsp3) is 1.00. The molecular weight excluding hydrogens is 167 g/mol. The monoisotopic (exact) mass is 182 g/mol. The van der Waals surface area contributed by atoms with Crippen LogP contribution < -0.4 is 0 Å². The average Bonchev–Trinajstić information content (AvgIpc) is 1.64. The second-order valence-corrected chi connectivity index (χ2v) is 7.76. The van der Waals surface area contributed by atoms with E-state index in [0.29, 0.717) is 9.63 Å². The molecule has 0 radical (unpaired) electrons. The van der Waals surface area contributed by atoms with Crippen molar-refractivity contribution >= 4 is 13.8 Å². The predicted molar refractivity (Wildman–Crippen MR) is 36.6 cm³/mol. The van der Waals surface area contributed by atoms with Gasteiger partial charge in [-0.25, -0.2) is 0 Å². The van der Waals surface area contributed by atoms with Crippen LogP contribution in [0, 0.1) is 0 Å². The van der Waals surface area contributed by atoms with E-state index >= 15 is 0 Å². The van der Waals surface area contributed by atoms with Crippen LogP contribution in [-0.4, -0.2) is 13.8 Å². The average molecular weight is 181 g/mol. The van der Waals surface area contributed by atoms with Crippen LogP contribution in [0.25, 0.3) is 0 Å². The molecule has 1 nitrogen and oxygen atoms in total. The third-order valence-corrected chi connectivity index (χ3v) is 4.83. The Balaban J connectivity index is 3.65. The Morgan fingerprint density at radius 3 is 1.25 bits per heavy atom. The molecule has 0 amide bonds. The summed E-state index contributed by atoms with van der Waals surface area (Å²) in [7, 11) is 0. The molecule has 0 rings (SSSR count). The molecule has 0 saturated carbocycles. The Morgan fingerprint density at radius 1 is 1.00 bits per heavy atom. The van der Waals surface area contributed by atoms with Crippen molar-refractivity contribution in [3.8, 4) is 0 Å². The van der Waals surface area contributed by atoms with Crippen molar-refractivity contribution in [3.63, 3.8) is 0 Å². The molecule has 2 heteroatoms. The summed E-state index contributed by atoms with van der Waals surface area (Å²) < 4.78 is 11.1. The van der Waals surface area contributed by atoms with Crippen LogP contribution in [0.5, 0.6) is 0 Å². The molecule has 0 heterocycles. The van der Waals surface area contributed by atoms with Crippen LogP contribution in [-0.2, 0) is 3.83 Å². The van der Waals surface area contributed by atoms with Gasteiger partial charge in [-0.05, 0) is 0 Å². The topological polar surface area (TPSA) is 17.1 Å². The zero-order valence-electron chi connectivity index (χ0n) is 5.97. The third kappa shape index (κ3) is 2.58. The molecule has 0 aromatic heterocycles. The van der Waals surface area contributed by atoms with Crippen molar-refractivity contribution in [2.75, 3.05) is 0 Å².